The number of para-hydroxylation sites is 1. The van der Waals surface area contributed by atoms with E-state index in [0.717, 1.165) is 6.26 Å². The molecule has 2 N–H and O–H groups in total. The summed E-state index contributed by atoms with van der Waals surface area (Å²) in [5.74, 6) is -0.703. The SMILES string of the molecule is COC(=O)/C(N)=C/C(=Nc1ccccc1Cl)c1ccc(-c2cccc(S(C)(=O)=O)c2)cn1. The van der Waals surface area contributed by atoms with E-state index in [1.165, 1.54) is 19.3 Å². The largest absolute Gasteiger partial charge is 0.464 e. The Bertz CT molecular complexity index is 1320. The first-order valence-electron chi connectivity index (χ1n) is 9.34. The van der Waals surface area contributed by atoms with E-state index in [4.69, 9.17) is 17.3 Å². The number of nitrogens with two attached hydrogens (primary N) is 1. The van der Waals surface area contributed by atoms with Gasteiger partial charge in [-0.25, -0.2) is 18.2 Å². The number of methoxy groups -OCH3 is 1. The van der Waals surface area contributed by atoms with Crippen molar-refractivity contribution in [3.63, 3.8) is 0 Å². The molecule has 1 aromatic heterocycles. The summed E-state index contributed by atoms with van der Waals surface area (Å²) >= 11 is 6.22. The third kappa shape index (κ3) is 5.60. The Morgan fingerprint density at radius 1 is 1.09 bits per heavy atom. The van der Waals surface area contributed by atoms with Gasteiger partial charge in [-0.1, -0.05) is 41.9 Å². The lowest BCUT2D eigenvalue weighted by Gasteiger charge is -2.08. The topological polar surface area (TPSA) is 112 Å². The summed E-state index contributed by atoms with van der Waals surface area (Å²) in [5, 5.41) is 0.421. The molecule has 3 aromatic rings. The van der Waals surface area contributed by atoms with E-state index < -0.39 is 15.8 Å². The first-order valence-corrected chi connectivity index (χ1v) is 11.6. The fraction of sp³-hybridized carbons (Fsp3) is 0.0870. The minimum atomic E-state index is -3.34. The Hall–Kier alpha value is -3.49. The normalized spacial score (nSPS) is 12.5. The maximum atomic E-state index is 11.8. The third-order valence-corrected chi connectivity index (χ3v) is 5.86. The molecule has 0 bridgehead atoms. The summed E-state index contributed by atoms with van der Waals surface area (Å²) in [6, 6.07) is 17.0. The zero-order valence-electron chi connectivity index (χ0n) is 17.3. The van der Waals surface area contributed by atoms with Crippen LogP contribution in [0.4, 0.5) is 5.69 Å². The van der Waals surface area contributed by atoms with Crippen LogP contribution in [0.5, 0.6) is 0 Å². The van der Waals surface area contributed by atoms with Crippen molar-refractivity contribution in [3.8, 4) is 11.1 Å². The zero-order valence-corrected chi connectivity index (χ0v) is 18.9. The molecule has 0 aliphatic heterocycles. The van der Waals surface area contributed by atoms with Gasteiger partial charge in [0.25, 0.3) is 0 Å². The predicted molar refractivity (Wildman–Crippen MR) is 125 cm³/mol. The number of nitrogens with zero attached hydrogens (tertiary/aromatic N) is 2. The van der Waals surface area contributed by atoms with Gasteiger partial charge >= 0.3 is 5.97 Å². The van der Waals surface area contributed by atoms with Crippen molar-refractivity contribution in [2.24, 2.45) is 10.7 Å². The molecule has 0 saturated carbocycles. The van der Waals surface area contributed by atoms with E-state index in [1.807, 2.05) is 0 Å². The highest BCUT2D eigenvalue weighted by Gasteiger charge is 2.12. The summed E-state index contributed by atoms with van der Waals surface area (Å²) in [4.78, 5) is 20.9. The van der Waals surface area contributed by atoms with Crippen LogP contribution in [0, 0.1) is 0 Å². The van der Waals surface area contributed by atoms with E-state index >= 15 is 0 Å². The van der Waals surface area contributed by atoms with Gasteiger partial charge in [0.05, 0.1) is 34.1 Å². The molecular formula is C23H20ClN3O4S. The smallest absolute Gasteiger partial charge is 0.353 e. The second-order valence-corrected chi connectivity index (χ2v) is 9.19. The van der Waals surface area contributed by atoms with Crippen LogP contribution in [0.25, 0.3) is 11.1 Å². The first-order chi connectivity index (χ1) is 15.2. The van der Waals surface area contributed by atoms with Crippen molar-refractivity contribution in [2.45, 2.75) is 4.90 Å². The molecule has 0 spiro atoms. The number of hydrogen-bond acceptors (Lipinski definition) is 7. The van der Waals surface area contributed by atoms with E-state index in [0.29, 0.717) is 33.2 Å². The molecular weight excluding hydrogens is 450 g/mol. The summed E-state index contributed by atoms with van der Waals surface area (Å²) in [6.07, 6.45) is 4.10. The number of pyridine rings is 1. The quantitative estimate of drug-likeness (QED) is 0.332. The molecule has 7 nitrogen and oxygen atoms in total. The van der Waals surface area contributed by atoms with E-state index in [9.17, 15) is 13.2 Å². The Morgan fingerprint density at radius 3 is 2.47 bits per heavy atom. The number of carbonyl (C=O) groups is 1. The fourth-order valence-corrected chi connectivity index (χ4v) is 3.63. The molecule has 0 unspecified atom stereocenters. The van der Waals surface area contributed by atoms with Crippen molar-refractivity contribution >= 4 is 38.8 Å². The van der Waals surface area contributed by atoms with Gasteiger partial charge in [-0.3, -0.25) is 4.98 Å². The molecule has 3 rings (SSSR count). The van der Waals surface area contributed by atoms with E-state index in [1.54, 1.807) is 60.8 Å². The van der Waals surface area contributed by atoms with Crippen LogP contribution in [0.15, 0.2) is 88.5 Å². The van der Waals surface area contributed by atoms with Crippen LogP contribution in [0.1, 0.15) is 5.69 Å². The summed E-state index contributed by atoms with van der Waals surface area (Å²) in [6.45, 7) is 0. The summed E-state index contributed by atoms with van der Waals surface area (Å²) in [7, 11) is -2.11. The van der Waals surface area contributed by atoms with Gasteiger partial charge < -0.3 is 10.5 Å². The molecule has 2 aromatic carbocycles. The van der Waals surface area contributed by atoms with Crippen molar-refractivity contribution in [1.82, 2.24) is 4.98 Å². The minimum Gasteiger partial charge on any atom is -0.464 e. The summed E-state index contributed by atoms with van der Waals surface area (Å²) < 4.78 is 28.3. The fourth-order valence-electron chi connectivity index (χ4n) is 2.78. The Labute approximate surface area is 191 Å². The average molecular weight is 470 g/mol. The maximum Gasteiger partial charge on any atom is 0.353 e. The highest BCUT2D eigenvalue weighted by atomic mass is 35.5. The van der Waals surface area contributed by atoms with Crippen LogP contribution in [0.2, 0.25) is 5.02 Å². The predicted octanol–water partition coefficient (Wildman–Crippen LogP) is 3.94. The number of esters is 1. The monoisotopic (exact) mass is 469 g/mol. The maximum absolute atomic E-state index is 11.8. The molecule has 0 aliphatic carbocycles. The van der Waals surface area contributed by atoms with Crippen molar-refractivity contribution < 1.29 is 17.9 Å². The Kier molecular flexibility index (Phi) is 7.07. The van der Waals surface area contributed by atoms with Crippen LogP contribution < -0.4 is 5.73 Å². The van der Waals surface area contributed by atoms with Crippen LogP contribution in [-0.2, 0) is 19.4 Å². The number of hydrogen-bond donors (Lipinski definition) is 1. The molecule has 9 heteroatoms. The lowest BCUT2D eigenvalue weighted by Crippen LogP contribution is -2.15. The lowest BCUT2D eigenvalue weighted by atomic mass is 10.1. The van der Waals surface area contributed by atoms with Crippen LogP contribution in [0.3, 0.4) is 0 Å². The molecule has 32 heavy (non-hydrogen) atoms. The molecule has 1 heterocycles. The molecule has 0 atom stereocenters. The van der Waals surface area contributed by atoms with Gasteiger partial charge in [0.15, 0.2) is 9.84 Å². The second-order valence-electron chi connectivity index (χ2n) is 6.77. The zero-order chi connectivity index (χ0) is 23.3. The lowest BCUT2D eigenvalue weighted by molar-refractivity contribution is -0.136. The molecule has 164 valence electrons. The van der Waals surface area contributed by atoms with Gasteiger partial charge in [-0.05, 0) is 42.0 Å². The number of halogens is 1. The van der Waals surface area contributed by atoms with Crippen LogP contribution >= 0.6 is 11.6 Å². The van der Waals surface area contributed by atoms with E-state index in [2.05, 4.69) is 14.7 Å². The number of sulfone groups is 1. The standard InChI is InChI=1S/C23H20ClN3O4S/c1-31-23(28)19(25)13-22(27-20-9-4-3-8-18(20)24)21-11-10-16(14-26-21)15-6-5-7-17(12-15)32(2,29)30/h3-14H,25H2,1-2H3/b19-13-,27-22?. The molecule has 0 aliphatic rings. The highest BCUT2D eigenvalue weighted by Crippen LogP contribution is 2.26. The number of carbonyl (C=O) groups excluding carboxylic acids is 1. The number of benzene rings is 2. The van der Waals surface area contributed by atoms with Crippen molar-refractivity contribution in [3.05, 3.63) is 89.4 Å². The highest BCUT2D eigenvalue weighted by molar-refractivity contribution is 7.90. The van der Waals surface area contributed by atoms with Gasteiger partial charge in [0.2, 0.25) is 0 Å². The number of allylic oxidation sites excluding steroid dienone is 1. The molecule has 0 saturated heterocycles. The van der Waals surface area contributed by atoms with Gasteiger partial charge in [0, 0.05) is 18.0 Å². The van der Waals surface area contributed by atoms with Crippen molar-refractivity contribution in [2.75, 3.05) is 13.4 Å². The van der Waals surface area contributed by atoms with Gasteiger partial charge in [-0.15, -0.1) is 0 Å². The Balaban J connectivity index is 2.05. The number of aromatic nitrogens is 1. The number of aliphatic imine (C=N–C) groups is 1. The van der Waals surface area contributed by atoms with Gasteiger partial charge in [0.1, 0.15) is 5.70 Å². The first kappa shape index (κ1) is 23.2. The van der Waals surface area contributed by atoms with Crippen molar-refractivity contribution in [1.29, 1.82) is 0 Å². The molecule has 0 radical (unpaired) electrons. The molecule has 0 fully saturated rings. The second kappa shape index (κ2) is 9.76. The molecule has 0 amide bonds. The Morgan fingerprint density at radius 2 is 1.84 bits per heavy atom. The third-order valence-electron chi connectivity index (χ3n) is 4.43. The summed E-state index contributed by atoms with van der Waals surface area (Å²) in [5.41, 5.74) is 8.29. The van der Waals surface area contributed by atoms with Crippen LogP contribution in [-0.4, -0.2) is 38.4 Å². The van der Waals surface area contributed by atoms with Gasteiger partial charge in [-0.2, -0.15) is 0 Å². The minimum absolute atomic E-state index is 0.148. The number of ether oxygens (including phenoxy) is 1. The average Bonchev–Trinajstić information content (AvgIpc) is 2.79. The number of rotatable bonds is 6. The van der Waals surface area contributed by atoms with E-state index in [-0.39, 0.29) is 10.6 Å².